The van der Waals surface area contributed by atoms with E-state index in [9.17, 15) is 4.21 Å². The molecule has 2 nitrogen and oxygen atoms in total. The third kappa shape index (κ3) is 2.77. The van der Waals surface area contributed by atoms with Crippen LogP contribution in [0.15, 0.2) is 23.1 Å². The lowest BCUT2D eigenvalue weighted by Gasteiger charge is -2.31. The van der Waals surface area contributed by atoms with Crippen LogP contribution in [0, 0.1) is 18.8 Å². The molecule has 2 N–H and O–H groups in total. The number of nitrogen functional groups attached to an aromatic ring is 1. The second kappa shape index (κ2) is 5.43. The molecule has 100 valence electrons. The Morgan fingerprint density at radius 1 is 1.22 bits per heavy atom. The summed E-state index contributed by atoms with van der Waals surface area (Å²) >= 11 is 0. The van der Waals surface area contributed by atoms with Crippen molar-refractivity contribution in [3.63, 3.8) is 0 Å². The van der Waals surface area contributed by atoms with Crippen LogP contribution in [0.3, 0.4) is 0 Å². The first-order valence-electron chi connectivity index (χ1n) is 6.75. The molecule has 1 fully saturated rings. The Morgan fingerprint density at radius 2 is 1.94 bits per heavy atom. The fourth-order valence-electron chi connectivity index (χ4n) is 2.71. The van der Waals surface area contributed by atoms with Crippen LogP contribution < -0.4 is 5.73 Å². The first-order valence-corrected chi connectivity index (χ1v) is 7.97. The SMILES string of the molecule is Cc1ccc(N)cc1S(=O)C1CCC(C)C(C)C1. The van der Waals surface area contributed by atoms with Gasteiger partial charge in [-0.1, -0.05) is 19.9 Å². The van der Waals surface area contributed by atoms with Gasteiger partial charge in [0, 0.05) is 15.8 Å². The monoisotopic (exact) mass is 265 g/mol. The Morgan fingerprint density at radius 3 is 2.61 bits per heavy atom. The summed E-state index contributed by atoms with van der Waals surface area (Å²) in [5.74, 6) is 1.44. The first kappa shape index (κ1) is 13.6. The van der Waals surface area contributed by atoms with Gasteiger partial charge in [-0.2, -0.15) is 0 Å². The molecule has 18 heavy (non-hydrogen) atoms. The van der Waals surface area contributed by atoms with Crippen LogP contribution in [0.25, 0.3) is 0 Å². The van der Waals surface area contributed by atoms with Gasteiger partial charge in [0.15, 0.2) is 0 Å². The standard InChI is InChI=1S/C15H23NOS/c1-10-5-7-14(8-12(10)3)18(17)15-9-13(16)6-4-11(15)2/h4,6,9-10,12,14H,5,7-8,16H2,1-3H3. The Labute approximate surface area is 112 Å². The lowest BCUT2D eigenvalue weighted by molar-refractivity contribution is 0.281. The van der Waals surface area contributed by atoms with Crippen molar-refractivity contribution < 1.29 is 4.21 Å². The van der Waals surface area contributed by atoms with Gasteiger partial charge >= 0.3 is 0 Å². The van der Waals surface area contributed by atoms with Crippen LogP contribution in [0.5, 0.6) is 0 Å². The van der Waals surface area contributed by atoms with Gasteiger partial charge in [-0.05, 0) is 55.7 Å². The van der Waals surface area contributed by atoms with E-state index in [0.29, 0.717) is 16.9 Å². The summed E-state index contributed by atoms with van der Waals surface area (Å²) in [5.41, 5.74) is 7.61. The van der Waals surface area contributed by atoms with E-state index in [-0.39, 0.29) is 0 Å². The van der Waals surface area contributed by atoms with Gasteiger partial charge in [-0.25, -0.2) is 0 Å². The smallest absolute Gasteiger partial charge is 0.0564 e. The summed E-state index contributed by atoms with van der Waals surface area (Å²) in [4.78, 5) is 0.932. The molecule has 1 aromatic carbocycles. The fraction of sp³-hybridized carbons (Fsp3) is 0.600. The lowest BCUT2D eigenvalue weighted by atomic mass is 9.81. The van der Waals surface area contributed by atoms with E-state index >= 15 is 0 Å². The Hall–Kier alpha value is -0.830. The molecule has 4 unspecified atom stereocenters. The summed E-state index contributed by atoms with van der Waals surface area (Å²) in [5, 5.41) is 0.302. The van der Waals surface area contributed by atoms with Crippen molar-refractivity contribution in [2.24, 2.45) is 11.8 Å². The Kier molecular flexibility index (Phi) is 4.10. The maximum atomic E-state index is 12.7. The molecule has 0 bridgehead atoms. The average Bonchev–Trinajstić information content (AvgIpc) is 2.35. The van der Waals surface area contributed by atoms with Crippen LogP contribution in [0.4, 0.5) is 5.69 Å². The Balaban J connectivity index is 2.19. The number of hydrogen-bond acceptors (Lipinski definition) is 2. The van der Waals surface area contributed by atoms with Gasteiger partial charge in [0.05, 0.1) is 10.8 Å². The molecule has 0 amide bonds. The highest BCUT2D eigenvalue weighted by molar-refractivity contribution is 7.85. The number of hydrogen-bond donors (Lipinski definition) is 1. The molecule has 2 rings (SSSR count). The minimum Gasteiger partial charge on any atom is -0.399 e. The van der Waals surface area contributed by atoms with Crippen molar-refractivity contribution >= 4 is 16.5 Å². The van der Waals surface area contributed by atoms with E-state index in [1.54, 1.807) is 0 Å². The molecule has 1 aliphatic rings. The molecule has 0 saturated heterocycles. The lowest BCUT2D eigenvalue weighted by Crippen LogP contribution is -2.28. The molecule has 0 aromatic heterocycles. The largest absolute Gasteiger partial charge is 0.399 e. The normalized spacial score (nSPS) is 30.1. The number of rotatable bonds is 2. The van der Waals surface area contributed by atoms with Crippen LogP contribution >= 0.6 is 0 Å². The zero-order chi connectivity index (χ0) is 13.3. The summed E-state index contributed by atoms with van der Waals surface area (Å²) in [7, 11) is -0.907. The van der Waals surface area contributed by atoms with Crippen molar-refractivity contribution in [1.29, 1.82) is 0 Å². The van der Waals surface area contributed by atoms with Gasteiger partial charge in [-0.15, -0.1) is 0 Å². The molecule has 3 heteroatoms. The molecule has 4 atom stereocenters. The van der Waals surface area contributed by atoms with E-state index in [0.717, 1.165) is 29.2 Å². The molecule has 1 aliphatic carbocycles. The molecular formula is C15H23NOS. The topological polar surface area (TPSA) is 43.1 Å². The maximum Gasteiger partial charge on any atom is 0.0564 e. The molecule has 0 heterocycles. The molecule has 0 radical (unpaired) electrons. The molecule has 1 aromatic rings. The third-order valence-electron chi connectivity index (χ3n) is 4.28. The van der Waals surface area contributed by atoms with Crippen LogP contribution in [-0.4, -0.2) is 9.46 Å². The summed E-state index contributed by atoms with van der Waals surface area (Å²) < 4.78 is 12.7. The molecule has 0 aliphatic heterocycles. The van der Waals surface area contributed by atoms with Crippen molar-refractivity contribution in [2.75, 3.05) is 5.73 Å². The number of benzene rings is 1. The highest BCUT2D eigenvalue weighted by Crippen LogP contribution is 2.34. The predicted octanol–water partition coefficient (Wildman–Crippen LogP) is 3.51. The van der Waals surface area contributed by atoms with Crippen molar-refractivity contribution in [2.45, 2.75) is 50.2 Å². The summed E-state index contributed by atoms with van der Waals surface area (Å²) in [6.07, 6.45) is 3.34. The van der Waals surface area contributed by atoms with E-state index in [2.05, 4.69) is 13.8 Å². The van der Waals surface area contributed by atoms with E-state index in [1.807, 2.05) is 25.1 Å². The zero-order valence-corrected chi connectivity index (χ0v) is 12.3. The second-order valence-electron chi connectivity index (χ2n) is 5.71. The van der Waals surface area contributed by atoms with Crippen LogP contribution in [-0.2, 0) is 10.8 Å². The second-order valence-corrected chi connectivity index (χ2v) is 7.41. The van der Waals surface area contributed by atoms with E-state index < -0.39 is 10.8 Å². The maximum absolute atomic E-state index is 12.7. The van der Waals surface area contributed by atoms with Gasteiger partial charge in [-0.3, -0.25) is 4.21 Å². The quantitative estimate of drug-likeness (QED) is 0.832. The minimum absolute atomic E-state index is 0.302. The van der Waals surface area contributed by atoms with Crippen molar-refractivity contribution in [3.8, 4) is 0 Å². The van der Waals surface area contributed by atoms with Crippen LogP contribution in [0.2, 0.25) is 0 Å². The summed E-state index contributed by atoms with van der Waals surface area (Å²) in [6, 6.07) is 5.73. The van der Waals surface area contributed by atoms with Gasteiger partial charge in [0.2, 0.25) is 0 Å². The fourth-order valence-corrected chi connectivity index (χ4v) is 4.53. The van der Waals surface area contributed by atoms with Gasteiger partial charge < -0.3 is 5.73 Å². The van der Waals surface area contributed by atoms with Gasteiger partial charge in [0.25, 0.3) is 0 Å². The number of anilines is 1. The number of nitrogens with two attached hydrogens (primary N) is 1. The highest BCUT2D eigenvalue weighted by atomic mass is 32.2. The number of aryl methyl sites for hydroxylation is 1. The summed E-state index contributed by atoms with van der Waals surface area (Å²) in [6.45, 7) is 6.59. The highest BCUT2D eigenvalue weighted by Gasteiger charge is 2.29. The predicted molar refractivity (Wildman–Crippen MR) is 78.0 cm³/mol. The van der Waals surface area contributed by atoms with E-state index in [4.69, 9.17) is 5.73 Å². The first-order chi connectivity index (χ1) is 8.49. The minimum atomic E-state index is -0.907. The van der Waals surface area contributed by atoms with E-state index in [1.165, 1.54) is 6.42 Å². The van der Waals surface area contributed by atoms with Crippen LogP contribution in [0.1, 0.15) is 38.7 Å². The van der Waals surface area contributed by atoms with Crippen molar-refractivity contribution in [1.82, 2.24) is 0 Å². The average molecular weight is 265 g/mol. The molecule has 1 saturated carbocycles. The Bertz CT molecular complexity index is 458. The molecule has 0 spiro atoms. The zero-order valence-electron chi connectivity index (χ0n) is 11.5. The van der Waals surface area contributed by atoms with Gasteiger partial charge in [0.1, 0.15) is 0 Å². The molecular weight excluding hydrogens is 242 g/mol. The third-order valence-corrected chi connectivity index (χ3v) is 6.19. The van der Waals surface area contributed by atoms with Crippen molar-refractivity contribution in [3.05, 3.63) is 23.8 Å².